The minimum Gasteiger partial charge on any atom is -0.333 e. The Morgan fingerprint density at radius 2 is 1.67 bits per heavy atom. The van der Waals surface area contributed by atoms with Crippen LogP contribution >= 0.6 is 0 Å². The second-order valence-corrected chi connectivity index (χ2v) is 10.5. The van der Waals surface area contributed by atoms with Gasteiger partial charge < -0.3 is 4.90 Å². The van der Waals surface area contributed by atoms with Crippen molar-refractivity contribution in [2.24, 2.45) is 11.8 Å². The molecular formula is C31H35N3O2. The molecule has 1 aliphatic rings. The second kappa shape index (κ2) is 10.3. The lowest BCUT2D eigenvalue weighted by atomic mass is 10.0. The molecule has 5 nitrogen and oxygen atoms in total. The first-order valence-electron chi connectivity index (χ1n) is 13.3. The van der Waals surface area contributed by atoms with E-state index >= 15 is 0 Å². The van der Waals surface area contributed by atoms with Crippen molar-refractivity contribution in [2.45, 2.75) is 58.9 Å². The average Bonchev–Trinajstić information content (AvgIpc) is 3.43. The predicted octanol–water partition coefficient (Wildman–Crippen LogP) is 6.66. The molecule has 0 N–H and O–H groups in total. The van der Waals surface area contributed by atoms with Crippen LogP contribution in [0.25, 0.3) is 27.4 Å². The van der Waals surface area contributed by atoms with Crippen LogP contribution in [-0.2, 0) is 4.79 Å². The third-order valence-corrected chi connectivity index (χ3v) is 7.57. The fourth-order valence-electron chi connectivity index (χ4n) is 5.43. The zero-order valence-corrected chi connectivity index (χ0v) is 21.5. The largest absolute Gasteiger partial charge is 0.333 e. The fourth-order valence-corrected chi connectivity index (χ4v) is 5.43. The van der Waals surface area contributed by atoms with Crippen LogP contribution in [0.2, 0.25) is 0 Å². The van der Waals surface area contributed by atoms with Crippen LogP contribution in [-0.4, -0.2) is 26.9 Å². The highest BCUT2D eigenvalue weighted by Crippen LogP contribution is 2.31. The van der Waals surface area contributed by atoms with Crippen molar-refractivity contribution in [3.63, 3.8) is 0 Å². The van der Waals surface area contributed by atoms with Gasteiger partial charge in [0.05, 0.1) is 22.6 Å². The highest BCUT2D eigenvalue weighted by atomic mass is 16.2. The molecule has 1 saturated carbocycles. The smallest absolute Gasteiger partial charge is 0.266 e. The maximum absolute atomic E-state index is 13.9. The Morgan fingerprint density at radius 1 is 0.972 bits per heavy atom. The molecule has 0 saturated heterocycles. The minimum atomic E-state index is -0.333. The molecule has 3 aromatic carbocycles. The van der Waals surface area contributed by atoms with Gasteiger partial charge in [-0.05, 0) is 67.1 Å². The number of hydrogen-bond donors (Lipinski definition) is 0. The summed E-state index contributed by atoms with van der Waals surface area (Å²) in [7, 11) is 0. The SMILES string of the molecule is CC(C)CCN(C(=O)C1CCCC1)C(C)c1nc2ccccc2c(=O)n1-c1ccc2ccccc2c1. The number of amides is 1. The zero-order chi connectivity index (χ0) is 25.2. The molecule has 4 aromatic rings. The van der Waals surface area contributed by atoms with Crippen molar-refractivity contribution in [1.29, 1.82) is 0 Å². The first kappa shape index (κ1) is 24.2. The van der Waals surface area contributed by atoms with Crippen LogP contribution in [0.3, 0.4) is 0 Å². The summed E-state index contributed by atoms with van der Waals surface area (Å²) >= 11 is 0. The quantitative estimate of drug-likeness (QED) is 0.296. The molecule has 0 bridgehead atoms. The number of hydrogen-bond acceptors (Lipinski definition) is 3. The van der Waals surface area contributed by atoms with Gasteiger partial charge in [0.1, 0.15) is 5.82 Å². The second-order valence-electron chi connectivity index (χ2n) is 10.5. The molecular weight excluding hydrogens is 446 g/mol. The van der Waals surface area contributed by atoms with E-state index in [1.165, 1.54) is 0 Å². The molecule has 0 aliphatic heterocycles. The van der Waals surface area contributed by atoms with Crippen molar-refractivity contribution < 1.29 is 4.79 Å². The molecule has 1 aliphatic carbocycles. The van der Waals surface area contributed by atoms with Crippen LogP contribution in [0.5, 0.6) is 0 Å². The Kier molecular flexibility index (Phi) is 6.90. The van der Waals surface area contributed by atoms with Crippen molar-refractivity contribution >= 4 is 27.6 Å². The number of rotatable bonds is 7. The lowest BCUT2D eigenvalue weighted by molar-refractivity contribution is -0.138. The summed E-state index contributed by atoms with van der Waals surface area (Å²) in [5, 5.41) is 2.76. The molecule has 1 unspecified atom stereocenters. The third-order valence-electron chi connectivity index (χ3n) is 7.57. The van der Waals surface area contributed by atoms with Crippen LogP contribution < -0.4 is 5.56 Å². The van der Waals surface area contributed by atoms with Gasteiger partial charge in [-0.3, -0.25) is 14.2 Å². The van der Waals surface area contributed by atoms with Gasteiger partial charge in [-0.2, -0.15) is 0 Å². The van der Waals surface area contributed by atoms with Crippen LogP contribution in [0.15, 0.2) is 71.5 Å². The highest BCUT2D eigenvalue weighted by Gasteiger charge is 2.32. The summed E-state index contributed by atoms with van der Waals surface area (Å²) in [6, 6.07) is 21.4. The summed E-state index contributed by atoms with van der Waals surface area (Å²) in [6.07, 6.45) is 5.03. The molecule has 5 heteroatoms. The van der Waals surface area contributed by atoms with Crippen molar-refractivity contribution in [2.75, 3.05) is 6.54 Å². The summed E-state index contributed by atoms with van der Waals surface area (Å²) in [5.41, 5.74) is 1.34. The molecule has 1 heterocycles. The van der Waals surface area contributed by atoms with Crippen LogP contribution in [0.1, 0.15) is 64.7 Å². The van der Waals surface area contributed by atoms with E-state index in [2.05, 4.69) is 26.0 Å². The molecule has 0 radical (unpaired) electrons. The summed E-state index contributed by atoms with van der Waals surface area (Å²) in [6.45, 7) is 7.06. The monoisotopic (exact) mass is 481 g/mol. The van der Waals surface area contributed by atoms with E-state index in [4.69, 9.17) is 4.98 Å². The van der Waals surface area contributed by atoms with Gasteiger partial charge >= 0.3 is 0 Å². The van der Waals surface area contributed by atoms with Gasteiger partial charge in [0.15, 0.2) is 0 Å². The molecule has 186 valence electrons. The number of para-hydroxylation sites is 1. The van der Waals surface area contributed by atoms with Crippen LogP contribution in [0.4, 0.5) is 0 Å². The number of carbonyl (C=O) groups is 1. The van der Waals surface area contributed by atoms with E-state index in [0.717, 1.165) is 48.6 Å². The van der Waals surface area contributed by atoms with E-state index in [9.17, 15) is 9.59 Å². The van der Waals surface area contributed by atoms with Gasteiger partial charge in [-0.15, -0.1) is 0 Å². The lowest BCUT2D eigenvalue weighted by Gasteiger charge is -2.33. The third kappa shape index (κ3) is 4.67. The molecule has 1 aromatic heterocycles. The van der Waals surface area contributed by atoms with Gasteiger partial charge in [-0.1, -0.05) is 69.2 Å². The molecule has 1 amide bonds. The Labute approximate surface area is 212 Å². The topological polar surface area (TPSA) is 55.2 Å². The number of aromatic nitrogens is 2. The number of benzene rings is 3. The lowest BCUT2D eigenvalue weighted by Crippen LogP contribution is -2.41. The van der Waals surface area contributed by atoms with Crippen molar-refractivity contribution in [3.8, 4) is 5.69 Å². The highest BCUT2D eigenvalue weighted by molar-refractivity contribution is 5.85. The van der Waals surface area contributed by atoms with E-state index in [1.807, 2.05) is 66.4 Å². The molecule has 5 rings (SSSR count). The first-order chi connectivity index (χ1) is 17.4. The Hall–Kier alpha value is -3.47. The van der Waals surface area contributed by atoms with Gasteiger partial charge in [0.2, 0.25) is 5.91 Å². The molecule has 0 spiro atoms. The Bertz CT molecular complexity index is 1450. The molecule has 36 heavy (non-hydrogen) atoms. The van der Waals surface area contributed by atoms with Crippen molar-refractivity contribution in [1.82, 2.24) is 14.5 Å². The van der Waals surface area contributed by atoms with E-state index in [-0.39, 0.29) is 23.4 Å². The number of nitrogens with zero attached hydrogens (tertiary/aromatic N) is 3. The van der Waals surface area contributed by atoms with Crippen molar-refractivity contribution in [3.05, 3.63) is 82.9 Å². The maximum Gasteiger partial charge on any atom is 0.266 e. The molecule has 1 fully saturated rings. The van der Waals surface area contributed by atoms with Gasteiger partial charge in [0.25, 0.3) is 5.56 Å². The number of fused-ring (bicyclic) bond motifs is 2. The minimum absolute atomic E-state index is 0.0703. The average molecular weight is 482 g/mol. The zero-order valence-electron chi connectivity index (χ0n) is 21.5. The van der Waals surface area contributed by atoms with E-state index < -0.39 is 0 Å². The Morgan fingerprint density at radius 3 is 2.42 bits per heavy atom. The standard InChI is InChI=1S/C31H35N3O2/c1-21(2)18-19-33(30(35)24-11-5-6-12-24)22(3)29-32-28-15-9-8-14-27(28)31(36)34(29)26-17-16-23-10-4-7-13-25(23)20-26/h4,7-10,13-17,20-22,24H,5-6,11-12,18-19H2,1-3H3. The Balaban J connectivity index is 1.67. The number of carbonyl (C=O) groups excluding carboxylic acids is 1. The summed E-state index contributed by atoms with van der Waals surface area (Å²) < 4.78 is 1.73. The van der Waals surface area contributed by atoms with Crippen LogP contribution in [0, 0.1) is 11.8 Å². The maximum atomic E-state index is 13.9. The summed E-state index contributed by atoms with van der Waals surface area (Å²) in [4.78, 5) is 34.7. The van der Waals surface area contributed by atoms with Gasteiger partial charge in [0, 0.05) is 12.5 Å². The fraction of sp³-hybridized carbons (Fsp3) is 0.387. The van der Waals surface area contributed by atoms with E-state index in [1.54, 1.807) is 4.57 Å². The first-order valence-corrected chi connectivity index (χ1v) is 13.3. The van der Waals surface area contributed by atoms with E-state index in [0.29, 0.717) is 29.2 Å². The summed E-state index contributed by atoms with van der Waals surface area (Å²) in [5.74, 6) is 1.36. The molecule has 1 atom stereocenters. The predicted molar refractivity (Wildman–Crippen MR) is 146 cm³/mol. The normalized spacial score (nSPS) is 15.1. The van der Waals surface area contributed by atoms with Gasteiger partial charge in [-0.25, -0.2) is 4.98 Å².